The minimum atomic E-state index is -0.464. The molecule has 1 amide bonds. The quantitative estimate of drug-likeness (QED) is 0.785. The van der Waals surface area contributed by atoms with Crippen LogP contribution in [0.2, 0.25) is 0 Å². The summed E-state index contributed by atoms with van der Waals surface area (Å²) in [4.78, 5) is 13.7. The number of amides is 1. The van der Waals surface area contributed by atoms with E-state index in [2.05, 4.69) is 0 Å². The maximum absolute atomic E-state index is 12.2. The summed E-state index contributed by atoms with van der Waals surface area (Å²) in [5.74, 6) is 1.13. The second-order valence-electron chi connectivity index (χ2n) is 5.68. The number of likely N-dealkylation sites (tertiary alicyclic amines) is 1. The van der Waals surface area contributed by atoms with Gasteiger partial charge < -0.3 is 10.6 Å². The Hall–Kier alpha value is -0.900. The molecule has 1 heterocycles. The molecule has 0 aromatic rings. The number of hydrogen-bond donors (Lipinski definition) is 2. The lowest BCUT2D eigenvalue weighted by Gasteiger charge is -2.31. The Bertz CT molecular complexity index is 323. The van der Waals surface area contributed by atoms with Gasteiger partial charge in [-0.2, -0.15) is 0 Å². The van der Waals surface area contributed by atoms with Gasteiger partial charge in [-0.05, 0) is 12.3 Å². The Morgan fingerprint density at radius 3 is 2.53 bits per heavy atom. The van der Waals surface area contributed by atoms with Crippen molar-refractivity contribution in [1.29, 1.82) is 5.41 Å². The van der Waals surface area contributed by atoms with Crippen molar-refractivity contribution >= 4 is 11.7 Å². The predicted molar refractivity (Wildman–Crippen MR) is 67.8 cm³/mol. The molecule has 0 aromatic carbocycles. The maximum Gasteiger partial charge on any atom is 0.235 e. The van der Waals surface area contributed by atoms with Crippen LogP contribution in [0.15, 0.2) is 0 Å². The van der Waals surface area contributed by atoms with Crippen LogP contribution in [0.4, 0.5) is 0 Å². The van der Waals surface area contributed by atoms with E-state index in [0.29, 0.717) is 24.7 Å². The predicted octanol–water partition coefficient (Wildman–Crippen LogP) is 1.74. The van der Waals surface area contributed by atoms with Gasteiger partial charge in [0.25, 0.3) is 0 Å². The summed E-state index contributed by atoms with van der Waals surface area (Å²) in [6.07, 6.45) is 7.78. The number of hydrogen-bond acceptors (Lipinski definition) is 3. The summed E-state index contributed by atoms with van der Waals surface area (Å²) in [6, 6.07) is 0. The summed E-state index contributed by atoms with van der Waals surface area (Å²) in [5.41, 5.74) is 5.39. The van der Waals surface area contributed by atoms with Gasteiger partial charge in [0.15, 0.2) is 0 Å². The van der Waals surface area contributed by atoms with Gasteiger partial charge in [-0.1, -0.05) is 32.1 Å². The van der Waals surface area contributed by atoms with Crippen LogP contribution in [0.5, 0.6) is 0 Å². The Labute approximate surface area is 103 Å². The third-order valence-electron chi connectivity index (χ3n) is 4.46. The second-order valence-corrected chi connectivity index (χ2v) is 5.68. The number of nitrogens with two attached hydrogens (primary N) is 1. The topological polar surface area (TPSA) is 70.2 Å². The molecule has 1 saturated heterocycles. The standard InChI is InChI=1S/C13H23N3O/c1-16-11(15)8-13(9-14,12(16)17)7-10-5-3-2-4-6-10/h10,15H,2-9,14H2,1H3. The normalized spacial score (nSPS) is 31.3. The van der Waals surface area contributed by atoms with E-state index in [9.17, 15) is 4.79 Å². The molecule has 1 unspecified atom stereocenters. The Morgan fingerprint density at radius 1 is 1.41 bits per heavy atom. The van der Waals surface area contributed by atoms with E-state index in [-0.39, 0.29) is 5.91 Å². The minimum Gasteiger partial charge on any atom is -0.329 e. The molecule has 3 N–H and O–H groups in total. The molecule has 0 radical (unpaired) electrons. The third-order valence-corrected chi connectivity index (χ3v) is 4.46. The van der Waals surface area contributed by atoms with Gasteiger partial charge in [-0.25, -0.2) is 0 Å². The number of carbonyl (C=O) groups is 1. The second kappa shape index (κ2) is 4.77. The van der Waals surface area contributed by atoms with Gasteiger partial charge in [0.05, 0.1) is 5.41 Å². The average Bonchev–Trinajstić information content (AvgIpc) is 2.56. The highest BCUT2D eigenvalue weighted by molar-refractivity contribution is 6.06. The fourth-order valence-corrected chi connectivity index (χ4v) is 3.34. The zero-order valence-electron chi connectivity index (χ0n) is 10.7. The number of nitrogens with zero attached hydrogens (tertiary/aromatic N) is 1. The van der Waals surface area contributed by atoms with Crippen LogP contribution in [0.3, 0.4) is 0 Å². The van der Waals surface area contributed by atoms with Gasteiger partial charge in [0, 0.05) is 20.0 Å². The molecule has 4 nitrogen and oxygen atoms in total. The Kier molecular flexibility index (Phi) is 3.52. The first-order valence-corrected chi connectivity index (χ1v) is 6.65. The van der Waals surface area contributed by atoms with Gasteiger partial charge in [0.2, 0.25) is 5.91 Å². The summed E-state index contributed by atoms with van der Waals surface area (Å²) in [6.45, 7) is 0.384. The fraction of sp³-hybridized carbons (Fsp3) is 0.846. The highest BCUT2D eigenvalue weighted by Gasteiger charge is 2.48. The molecule has 2 rings (SSSR count). The van der Waals surface area contributed by atoms with E-state index in [4.69, 9.17) is 11.1 Å². The zero-order chi connectivity index (χ0) is 12.5. The van der Waals surface area contributed by atoms with Crippen molar-refractivity contribution in [2.45, 2.75) is 44.9 Å². The molecule has 0 bridgehead atoms. The van der Waals surface area contributed by atoms with Gasteiger partial charge in [-0.3, -0.25) is 10.2 Å². The monoisotopic (exact) mass is 237 g/mol. The van der Waals surface area contributed by atoms with Crippen molar-refractivity contribution in [3.63, 3.8) is 0 Å². The lowest BCUT2D eigenvalue weighted by molar-refractivity contribution is -0.134. The van der Waals surface area contributed by atoms with E-state index < -0.39 is 5.41 Å². The van der Waals surface area contributed by atoms with E-state index in [1.807, 2.05) is 0 Å². The van der Waals surface area contributed by atoms with E-state index >= 15 is 0 Å². The molecule has 1 saturated carbocycles. The molecular formula is C13H23N3O. The Balaban J connectivity index is 2.09. The lowest BCUT2D eigenvalue weighted by atomic mass is 9.73. The third kappa shape index (κ3) is 2.23. The first kappa shape index (κ1) is 12.6. The lowest BCUT2D eigenvalue weighted by Crippen LogP contribution is -2.40. The number of rotatable bonds is 3. The first-order chi connectivity index (χ1) is 8.09. The number of nitrogens with one attached hydrogen (secondary N) is 1. The highest BCUT2D eigenvalue weighted by Crippen LogP contribution is 2.41. The molecule has 0 spiro atoms. The Morgan fingerprint density at radius 2 is 2.06 bits per heavy atom. The molecule has 1 aliphatic heterocycles. The van der Waals surface area contributed by atoms with Crippen molar-refractivity contribution in [2.24, 2.45) is 17.1 Å². The molecule has 1 aliphatic carbocycles. The minimum absolute atomic E-state index is 0.0653. The van der Waals surface area contributed by atoms with Crippen LogP contribution < -0.4 is 5.73 Å². The van der Waals surface area contributed by atoms with Gasteiger partial charge >= 0.3 is 0 Å². The highest BCUT2D eigenvalue weighted by atomic mass is 16.2. The molecule has 2 fully saturated rings. The smallest absolute Gasteiger partial charge is 0.235 e. The molecule has 2 aliphatic rings. The summed E-state index contributed by atoms with van der Waals surface area (Å²) in [7, 11) is 1.70. The molecular weight excluding hydrogens is 214 g/mol. The van der Waals surface area contributed by atoms with Crippen LogP contribution >= 0.6 is 0 Å². The van der Waals surface area contributed by atoms with Crippen LogP contribution in [-0.2, 0) is 4.79 Å². The fourth-order valence-electron chi connectivity index (χ4n) is 3.34. The van der Waals surface area contributed by atoms with Crippen molar-refractivity contribution in [3.05, 3.63) is 0 Å². The van der Waals surface area contributed by atoms with E-state index in [1.165, 1.54) is 37.0 Å². The van der Waals surface area contributed by atoms with Gasteiger partial charge in [-0.15, -0.1) is 0 Å². The van der Waals surface area contributed by atoms with Crippen LogP contribution in [0.25, 0.3) is 0 Å². The summed E-state index contributed by atoms with van der Waals surface area (Å²) < 4.78 is 0. The first-order valence-electron chi connectivity index (χ1n) is 6.65. The van der Waals surface area contributed by atoms with Crippen molar-refractivity contribution in [3.8, 4) is 0 Å². The summed E-state index contributed by atoms with van der Waals surface area (Å²) in [5, 5.41) is 7.81. The van der Waals surface area contributed by atoms with Crippen molar-refractivity contribution in [2.75, 3.05) is 13.6 Å². The molecule has 0 aromatic heterocycles. The maximum atomic E-state index is 12.2. The van der Waals surface area contributed by atoms with Crippen LogP contribution in [0.1, 0.15) is 44.9 Å². The SMILES string of the molecule is CN1C(=N)CC(CN)(CC2CCCCC2)C1=O. The largest absolute Gasteiger partial charge is 0.329 e. The van der Waals surface area contributed by atoms with Crippen molar-refractivity contribution in [1.82, 2.24) is 4.90 Å². The molecule has 96 valence electrons. The average molecular weight is 237 g/mol. The summed E-state index contributed by atoms with van der Waals surface area (Å²) >= 11 is 0. The molecule has 4 heteroatoms. The zero-order valence-corrected chi connectivity index (χ0v) is 10.7. The number of carbonyl (C=O) groups excluding carboxylic acids is 1. The van der Waals surface area contributed by atoms with E-state index in [0.717, 1.165) is 6.42 Å². The molecule has 17 heavy (non-hydrogen) atoms. The van der Waals surface area contributed by atoms with Crippen LogP contribution in [0, 0.1) is 16.7 Å². The molecule has 1 atom stereocenters. The number of amidine groups is 1. The van der Waals surface area contributed by atoms with E-state index in [1.54, 1.807) is 7.05 Å². The van der Waals surface area contributed by atoms with Crippen LogP contribution in [-0.4, -0.2) is 30.2 Å². The van der Waals surface area contributed by atoms with Gasteiger partial charge in [0.1, 0.15) is 5.84 Å². The van der Waals surface area contributed by atoms with Crippen molar-refractivity contribution < 1.29 is 4.79 Å².